The molecule has 1 aromatic rings. The average Bonchev–Trinajstić information content (AvgIpc) is 2.16. The SMILES string of the molecule is CN(C)[C@@H]1COc2c(Cl)cc(Cl)cc2C1. The lowest BCUT2D eigenvalue weighted by Gasteiger charge is -2.30. The second-order valence-corrected chi connectivity index (χ2v) is 4.85. The van der Waals surface area contributed by atoms with Gasteiger partial charge in [-0.25, -0.2) is 0 Å². The summed E-state index contributed by atoms with van der Waals surface area (Å²) >= 11 is 12.0. The first-order valence-electron chi connectivity index (χ1n) is 4.85. The third kappa shape index (κ3) is 2.22. The van der Waals surface area contributed by atoms with Crippen LogP contribution in [0.3, 0.4) is 0 Å². The summed E-state index contributed by atoms with van der Waals surface area (Å²) in [4.78, 5) is 2.15. The van der Waals surface area contributed by atoms with Crippen molar-refractivity contribution in [1.29, 1.82) is 0 Å². The summed E-state index contributed by atoms with van der Waals surface area (Å²) in [6, 6.07) is 4.04. The fraction of sp³-hybridized carbons (Fsp3) is 0.455. The number of halogens is 2. The highest BCUT2D eigenvalue weighted by Crippen LogP contribution is 2.36. The van der Waals surface area contributed by atoms with Gasteiger partial charge in [0.25, 0.3) is 0 Å². The van der Waals surface area contributed by atoms with Crippen LogP contribution in [-0.2, 0) is 6.42 Å². The Morgan fingerprint density at radius 3 is 2.73 bits per heavy atom. The first-order valence-corrected chi connectivity index (χ1v) is 5.60. The van der Waals surface area contributed by atoms with Crippen molar-refractivity contribution in [3.63, 3.8) is 0 Å². The van der Waals surface area contributed by atoms with E-state index in [1.165, 1.54) is 0 Å². The van der Waals surface area contributed by atoms with Crippen molar-refractivity contribution in [1.82, 2.24) is 4.90 Å². The zero-order chi connectivity index (χ0) is 11.0. The Labute approximate surface area is 99.7 Å². The normalized spacial score (nSPS) is 19.9. The maximum absolute atomic E-state index is 6.05. The summed E-state index contributed by atoms with van der Waals surface area (Å²) in [7, 11) is 4.09. The van der Waals surface area contributed by atoms with Crippen LogP contribution in [0.1, 0.15) is 5.56 Å². The Morgan fingerprint density at radius 1 is 1.33 bits per heavy atom. The minimum atomic E-state index is 0.395. The van der Waals surface area contributed by atoms with Crippen molar-refractivity contribution in [3.8, 4) is 5.75 Å². The third-order valence-corrected chi connectivity index (χ3v) is 3.19. The number of hydrogen-bond acceptors (Lipinski definition) is 2. The zero-order valence-electron chi connectivity index (χ0n) is 8.76. The molecule has 2 nitrogen and oxygen atoms in total. The lowest BCUT2D eigenvalue weighted by atomic mass is 10.0. The Morgan fingerprint density at radius 2 is 2.07 bits per heavy atom. The fourth-order valence-electron chi connectivity index (χ4n) is 1.75. The molecule has 1 aromatic carbocycles. The van der Waals surface area contributed by atoms with Gasteiger partial charge in [-0.3, -0.25) is 0 Å². The van der Waals surface area contributed by atoms with E-state index < -0.39 is 0 Å². The van der Waals surface area contributed by atoms with E-state index in [4.69, 9.17) is 27.9 Å². The molecule has 0 bridgehead atoms. The fourth-order valence-corrected chi connectivity index (χ4v) is 2.34. The molecule has 0 spiro atoms. The highest BCUT2D eigenvalue weighted by molar-refractivity contribution is 6.35. The Kier molecular flexibility index (Phi) is 3.10. The number of ether oxygens (including phenoxy) is 1. The van der Waals surface area contributed by atoms with Gasteiger partial charge >= 0.3 is 0 Å². The number of hydrogen-bond donors (Lipinski definition) is 0. The Bertz CT molecular complexity index is 379. The van der Waals surface area contributed by atoms with E-state index in [9.17, 15) is 0 Å². The molecule has 4 heteroatoms. The van der Waals surface area contributed by atoms with Crippen molar-refractivity contribution in [2.45, 2.75) is 12.5 Å². The van der Waals surface area contributed by atoms with E-state index >= 15 is 0 Å². The molecule has 82 valence electrons. The van der Waals surface area contributed by atoms with Crippen LogP contribution in [0.5, 0.6) is 5.75 Å². The first-order chi connectivity index (χ1) is 7.08. The van der Waals surface area contributed by atoms with Gasteiger partial charge in [0, 0.05) is 11.1 Å². The van der Waals surface area contributed by atoms with Gasteiger partial charge in [-0.15, -0.1) is 0 Å². The van der Waals surface area contributed by atoms with Gasteiger partial charge in [-0.1, -0.05) is 23.2 Å². The number of benzene rings is 1. The van der Waals surface area contributed by atoms with Crippen LogP contribution in [0.25, 0.3) is 0 Å². The summed E-state index contributed by atoms with van der Waals surface area (Å²) in [5.74, 6) is 0.791. The maximum Gasteiger partial charge on any atom is 0.141 e. The molecule has 0 unspecified atom stereocenters. The van der Waals surface area contributed by atoms with Crippen LogP contribution in [0, 0.1) is 0 Å². The van der Waals surface area contributed by atoms with Crippen molar-refractivity contribution >= 4 is 23.2 Å². The van der Waals surface area contributed by atoms with E-state index in [-0.39, 0.29) is 0 Å². The molecule has 1 heterocycles. The van der Waals surface area contributed by atoms with Crippen LogP contribution in [0.2, 0.25) is 10.0 Å². The number of rotatable bonds is 1. The predicted octanol–water partition coefficient (Wildman–Crippen LogP) is 2.86. The molecule has 15 heavy (non-hydrogen) atoms. The number of fused-ring (bicyclic) bond motifs is 1. The highest BCUT2D eigenvalue weighted by atomic mass is 35.5. The zero-order valence-corrected chi connectivity index (χ0v) is 10.3. The molecule has 1 aliphatic rings. The number of nitrogens with zero attached hydrogens (tertiary/aromatic N) is 1. The van der Waals surface area contributed by atoms with Gasteiger partial charge in [0.1, 0.15) is 12.4 Å². The van der Waals surface area contributed by atoms with Gasteiger partial charge in [0.05, 0.1) is 5.02 Å². The van der Waals surface area contributed by atoms with Crippen LogP contribution in [-0.4, -0.2) is 31.6 Å². The average molecular weight is 246 g/mol. The summed E-state index contributed by atoms with van der Waals surface area (Å²) in [6.45, 7) is 0.682. The van der Waals surface area contributed by atoms with Gasteiger partial charge in [-0.05, 0) is 38.2 Å². The van der Waals surface area contributed by atoms with Crippen LogP contribution < -0.4 is 4.74 Å². The summed E-state index contributed by atoms with van der Waals surface area (Å²) in [6.07, 6.45) is 0.933. The lowest BCUT2D eigenvalue weighted by Crippen LogP contribution is -2.38. The van der Waals surface area contributed by atoms with Gasteiger partial charge in [-0.2, -0.15) is 0 Å². The van der Waals surface area contributed by atoms with E-state index in [1.807, 2.05) is 20.2 Å². The monoisotopic (exact) mass is 245 g/mol. The van der Waals surface area contributed by atoms with E-state index in [2.05, 4.69) is 4.90 Å². The quantitative estimate of drug-likeness (QED) is 0.755. The molecule has 0 radical (unpaired) electrons. The van der Waals surface area contributed by atoms with E-state index in [1.54, 1.807) is 6.07 Å². The molecule has 0 fully saturated rings. The van der Waals surface area contributed by atoms with Crippen molar-refractivity contribution in [2.75, 3.05) is 20.7 Å². The van der Waals surface area contributed by atoms with Gasteiger partial charge in [0.2, 0.25) is 0 Å². The Hall–Kier alpha value is -0.440. The summed E-state index contributed by atoms with van der Waals surface area (Å²) in [5, 5.41) is 1.27. The molecule has 2 rings (SSSR count). The molecular weight excluding hydrogens is 233 g/mol. The highest BCUT2D eigenvalue weighted by Gasteiger charge is 2.23. The molecule has 0 saturated heterocycles. The molecule has 0 N–H and O–H groups in total. The minimum absolute atomic E-state index is 0.395. The standard InChI is InChI=1S/C11H13Cl2NO/c1-14(2)9-4-7-3-8(12)5-10(13)11(7)15-6-9/h3,5,9H,4,6H2,1-2H3/t9-/m0/s1. The van der Waals surface area contributed by atoms with Crippen LogP contribution in [0.4, 0.5) is 0 Å². The minimum Gasteiger partial charge on any atom is -0.490 e. The molecular formula is C11H13Cl2NO. The molecule has 0 aromatic heterocycles. The molecule has 0 amide bonds. The first kappa shape index (κ1) is 11.1. The van der Waals surface area contributed by atoms with E-state index in [0.717, 1.165) is 17.7 Å². The summed E-state index contributed by atoms with van der Waals surface area (Å²) < 4.78 is 5.65. The molecule has 1 aliphatic heterocycles. The van der Waals surface area contributed by atoms with Crippen LogP contribution >= 0.6 is 23.2 Å². The largest absolute Gasteiger partial charge is 0.490 e. The smallest absolute Gasteiger partial charge is 0.141 e. The summed E-state index contributed by atoms with van der Waals surface area (Å²) in [5.41, 5.74) is 1.09. The van der Waals surface area contributed by atoms with Crippen molar-refractivity contribution in [2.24, 2.45) is 0 Å². The molecule has 1 atom stereocenters. The van der Waals surface area contributed by atoms with Crippen molar-refractivity contribution < 1.29 is 4.74 Å². The number of likely N-dealkylation sites (N-methyl/N-ethyl adjacent to an activating group) is 1. The third-order valence-electron chi connectivity index (χ3n) is 2.69. The maximum atomic E-state index is 6.05. The van der Waals surface area contributed by atoms with Gasteiger partial charge < -0.3 is 9.64 Å². The van der Waals surface area contributed by atoms with Crippen molar-refractivity contribution in [3.05, 3.63) is 27.7 Å². The topological polar surface area (TPSA) is 12.5 Å². The second kappa shape index (κ2) is 4.20. The van der Waals surface area contributed by atoms with E-state index in [0.29, 0.717) is 22.7 Å². The predicted molar refractivity (Wildman–Crippen MR) is 63.1 cm³/mol. The Balaban J connectivity index is 2.33. The molecule has 0 saturated carbocycles. The van der Waals surface area contributed by atoms with Gasteiger partial charge in [0.15, 0.2) is 0 Å². The lowest BCUT2D eigenvalue weighted by molar-refractivity contribution is 0.165. The van der Waals surface area contributed by atoms with Crippen LogP contribution in [0.15, 0.2) is 12.1 Å². The second-order valence-electron chi connectivity index (χ2n) is 4.01. The molecule has 0 aliphatic carbocycles.